The summed E-state index contributed by atoms with van der Waals surface area (Å²) < 4.78 is 5.48. The van der Waals surface area contributed by atoms with E-state index in [9.17, 15) is 0 Å². The Morgan fingerprint density at radius 1 is 1.21 bits per heavy atom. The molecule has 0 aromatic rings. The first-order chi connectivity index (χ1) is 6.67. The molecule has 84 valence electrons. The van der Waals surface area contributed by atoms with Gasteiger partial charge in [-0.05, 0) is 26.7 Å². The van der Waals surface area contributed by atoms with Crippen molar-refractivity contribution < 1.29 is 4.74 Å². The third kappa shape index (κ3) is 3.58. The summed E-state index contributed by atoms with van der Waals surface area (Å²) in [6.45, 7) is 11.2. The molecule has 0 radical (unpaired) electrons. The maximum atomic E-state index is 5.48. The van der Waals surface area contributed by atoms with Crippen LogP contribution in [0.25, 0.3) is 0 Å². The van der Waals surface area contributed by atoms with Crippen LogP contribution in [0.3, 0.4) is 0 Å². The Hall–Kier alpha value is -0.0800. The molecule has 1 saturated heterocycles. The van der Waals surface area contributed by atoms with E-state index in [0.29, 0.717) is 5.54 Å². The second-order valence-corrected chi connectivity index (χ2v) is 4.87. The molecule has 1 heterocycles. The van der Waals surface area contributed by atoms with Crippen LogP contribution in [0.5, 0.6) is 0 Å². The molecule has 0 aromatic carbocycles. The Morgan fingerprint density at radius 3 is 2.71 bits per heavy atom. The van der Waals surface area contributed by atoms with Crippen molar-refractivity contribution in [3.05, 3.63) is 0 Å². The van der Waals surface area contributed by atoms with Gasteiger partial charge in [0, 0.05) is 25.2 Å². The molecule has 0 bridgehead atoms. The zero-order valence-corrected chi connectivity index (χ0v) is 10.0. The van der Waals surface area contributed by atoms with Gasteiger partial charge in [-0.2, -0.15) is 0 Å². The molecule has 1 fully saturated rings. The van der Waals surface area contributed by atoms with Gasteiger partial charge < -0.3 is 4.74 Å². The van der Waals surface area contributed by atoms with Gasteiger partial charge in [-0.1, -0.05) is 19.8 Å². The fourth-order valence-electron chi connectivity index (χ4n) is 2.12. The van der Waals surface area contributed by atoms with Gasteiger partial charge in [0.2, 0.25) is 0 Å². The van der Waals surface area contributed by atoms with Crippen LogP contribution in [0.4, 0.5) is 0 Å². The number of nitrogens with zero attached hydrogens (tertiary/aromatic N) is 1. The van der Waals surface area contributed by atoms with Gasteiger partial charge in [0.25, 0.3) is 0 Å². The van der Waals surface area contributed by atoms with Crippen LogP contribution in [-0.2, 0) is 4.74 Å². The summed E-state index contributed by atoms with van der Waals surface area (Å²) in [7, 11) is 0. The molecule has 2 nitrogen and oxygen atoms in total. The van der Waals surface area contributed by atoms with Gasteiger partial charge in [-0.3, -0.25) is 4.90 Å². The standard InChI is InChI=1S/C12H25NO/c1-4-5-7-12(2,3)13-8-6-10-14-11-9-13/h4-11H2,1-3H3. The second kappa shape index (κ2) is 5.72. The molecule has 0 spiro atoms. The van der Waals surface area contributed by atoms with Gasteiger partial charge in [-0.25, -0.2) is 0 Å². The minimum Gasteiger partial charge on any atom is -0.380 e. The summed E-state index contributed by atoms with van der Waals surface area (Å²) in [5, 5.41) is 0. The highest BCUT2D eigenvalue weighted by atomic mass is 16.5. The molecule has 1 aliphatic heterocycles. The molecule has 1 rings (SSSR count). The predicted octanol–water partition coefficient (Wildman–Crippen LogP) is 2.68. The third-order valence-electron chi connectivity index (χ3n) is 3.22. The van der Waals surface area contributed by atoms with E-state index in [4.69, 9.17) is 4.74 Å². The Bertz CT molecular complexity index is 148. The highest BCUT2D eigenvalue weighted by Gasteiger charge is 2.26. The number of hydrogen-bond acceptors (Lipinski definition) is 2. The van der Waals surface area contributed by atoms with E-state index < -0.39 is 0 Å². The van der Waals surface area contributed by atoms with Gasteiger partial charge in [0.15, 0.2) is 0 Å². The lowest BCUT2D eigenvalue weighted by Gasteiger charge is -2.37. The quantitative estimate of drug-likeness (QED) is 0.690. The summed E-state index contributed by atoms with van der Waals surface area (Å²) in [6, 6.07) is 0. The van der Waals surface area contributed by atoms with Crippen molar-refractivity contribution >= 4 is 0 Å². The van der Waals surface area contributed by atoms with Crippen molar-refractivity contribution in [3.8, 4) is 0 Å². The van der Waals surface area contributed by atoms with Crippen molar-refractivity contribution in [1.29, 1.82) is 0 Å². The maximum absolute atomic E-state index is 5.48. The molecule has 1 aliphatic rings. The second-order valence-electron chi connectivity index (χ2n) is 4.87. The highest BCUT2D eigenvalue weighted by Crippen LogP contribution is 2.22. The van der Waals surface area contributed by atoms with Crippen molar-refractivity contribution in [2.75, 3.05) is 26.3 Å². The van der Waals surface area contributed by atoms with E-state index in [1.807, 2.05) is 0 Å². The van der Waals surface area contributed by atoms with Gasteiger partial charge in [-0.15, -0.1) is 0 Å². The minimum absolute atomic E-state index is 0.365. The monoisotopic (exact) mass is 199 g/mol. The van der Waals surface area contributed by atoms with Gasteiger partial charge in [0.1, 0.15) is 0 Å². The fraction of sp³-hybridized carbons (Fsp3) is 1.00. The Morgan fingerprint density at radius 2 is 2.00 bits per heavy atom. The molecule has 0 N–H and O–H groups in total. The molecule has 14 heavy (non-hydrogen) atoms. The van der Waals surface area contributed by atoms with Crippen LogP contribution in [0.2, 0.25) is 0 Å². The van der Waals surface area contributed by atoms with Gasteiger partial charge in [0.05, 0.1) is 6.61 Å². The van der Waals surface area contributed by atoms with Crippen LogP contribution in [0.1, 0.15) is 46.5 Å². The van der Waals surface area contributed by atoms with Crippen LogP contribution in [0, 0.1) is 0 Å². The number of rotatable bonds is 4. The number of ether oxygens (including phenoxy) is 1. The molecule has 0 unspecified atom stereocenters. The molecule has 2 heteroatoms. The van der Waals surface area contributed by atoms with Crippen LogP contribution < -0.4 is 0 Å². The first-order valence-corrected chi connectivity index (χ1v) is 5.99. The first kappa shape index (κ1) is 12.0. The zero-order valence-electron chi connectivity index (χ0n) is 10.0. The summed E-state index contributed by atoms with van der Waals surface area (Å²) in [4.78, 5) is 2.59. The fourth-order valence-corrected chi connectivity index (χ4v) is 2.12. The summed E-state index contributed by atoms with van der Waals surface area (Å²) >= 11 is 0. The number of unbranched alkanes of at least 4 members (excludes halogenated alkanes) is 1. The largest absolute Gasteiger partial charge is 0.380 e. The molecule has 0 atom stereocenters. The Kier molecular flexibility index (Phi) is 4.90. The topological polar surface area (TPSA) is 12.5 Å². The van der Waals surface area contributed by atoms with E-state index in [1.54, 1.807) is 0 Å². The highest BCUT2D eigenvalue weighted by molar-refractivity contribution is 4.82. The smallest absolute Gasteiger partial charge is 0.0593 e. The summed E-state index contributed by atoms with van der Waals surface area (Å²) in [5.41, 5.74) is 0.365. The van der Waals surface area contributed by atoms with Crippen molar-refractivity contribution in [1.82, 2.24) is 4.90 Å². The molecule has 0 saturated carbocycles. The zero-order chi connectivity index (χ0) is 10.4. The lowest BCUT2D eigenvalue weighted by Crippen LogP contribution is -2.45. The average Bonchev–Trinajstić information content (AvgIpc) is 2.43. The van der Waals surface area contributed by atoms with E-state index in [2.05, 4.69) is 25.7 Å². The maximum Gasteiger partial charge on any atom is 0.0593 e. The normalized spacial score (nSPS) is 20.8. The third-order valence-corrected chi connectivity index (χ3v) is 3.22. The molecule has 0 aliphatic carbocycles. The van der Waals surface area contributed by atoms with E-state index in [0.717, 1.165) is 19.8 Å². The van der Waals surface area contributed by atoms with Gasteiger partial charge >= 0.3 is 0 Å². The minimum atomic E-state index is 0.365. The van der Waals surface area contributed by atoms with Crippen molar-refractivity contribution in [2.24, 2.45) is 0 Å². The van der Waals surface area contributed by atoms with E-state index >= 15 is 0 Å². The Labute approximate surface area is 88.6 Å². The lowest BCUT2D eigenvalue weighted by molar-refractivity contribution is 0.0932. The van der Waals surface area contributed by atoms with Crippen molar-refractivity contribution in [2.45, 2.75) is 52.0 Å². The molecular formula is C12H25NO. The predicted molar refractivity (Wildman–Crippen MR) is 60.6 cm³/mol. The van der Waals surface area contributed by atoms with Crippen LogP contribution >= 0.6 is 0 Å². The lowest BCUT2D eigenvalue weighted by atomic mass is 9.95. The summed E-state index contributed by atoms with van der Waals surface area (Å²) in [5.74, 6) is 0. The van der Waals surface area contributed by atoms with Crippen LogP contribution in [0.15, 0.2) is 0 Å². The van der Waals surface area contributed by atoms with E-state index in [1.165, 1.54) is 32.2 Å². The number of hydrogen-bond donors (Lipinski definition) is 0. The average molecular weight is 199 g/mol. The summed E-state index contributed by atoms with van der Waals surface area (Å²) in [6.07, 6.45) is 5.14. The molecular weight excluding hydrogens is 174 g/mol. The van der Waals surface area contributed by atoms with Crippen molar-refractivity contribution in [3.63, 3.8) is 0 Å². The Balaban J connectivity index is 2.41. The molecule has 0 amide bonds. The SMILES string of the molecule is CCCCC(C)(C)N1CCCOCC1. The van der Waals surface area contributed by atoms with E-state index in [-0.39, 0.29) is 0 Å². The molecule has 0 aromatic heterocycles. The first-order valence-electron chi connectivity index (χ1n) is 5.99. The van der Waals surface area contributed by atoms with Crippen LogP contribution in [-0.4, -0.2) is 36.7 Å².